The summed E-state index contributed by atoms with van der Waals surface area (Å²) >= 11 is 0. The minimum Gasteiger partial charge on any atom is -0.332 e. The summed E-state index contributed by atoms with van der Waals surface area (Å²) in [6, 6.07) is 7.40. The predicted octanol–water partition coefficient (Wildman–Crippen LogP) is 3.32. The van der Waals surface area contributed by atoms with E-state index in [2.05, 4.69) is 55.8 Å². The maximum Gasteiger partial charge on any atom is 0.0954 e. The molecule has 0 fully saturated rings. The Morgan fingerprint density at radius 2 is 2.10 bits per heavy atom. The zero-order chi connectivity index (χ0) is 14.3. The van der Waals surface area contributed by atoms with Gasteiger partial charge in [-0.1, -0.05) is 23.8 Å². The van der Waals surface area contributed by atoms with E-state index in [1.54, 1.807) is 0 Å². The van der Waals surface area contributed by atoms with Gasteiger partial charge >= 0.3 is 0 Å². The van der Waals surface area contributed by atoms with Crippen LogP contribution >= 0.6 is 0 Å². The van der Waals surface area contributed by atoms with E-state index in [0.717, 1.165) is 13.0 Å². The highest BCUT2D eigenvalue weighted by Crippen LogP contribution is 2.31. The van der Waals surface area contributed by atoms with Crippen LogP contribution in [0.2, 0.25) is 0 Å². The van der Waals surface area contributed by atoms with Gasteiger partial charge in [-0.05, 0) is 38.8 Å². The number of hydrogen-bond donors (Lipinski definition) is 1. The number of aryl methyl sites for hydroxylation is 2. The highest BCUT2D eigenvalue weighted by atomic mass is 15.1. The lowest BCUT2D eigenvalue weighted by molar-refractivity contribution is 0.512. The molecule has 106 valence electrons. The van der Waals surface area contributed by atoms with Crippen molar-refractivity contribution in [1.29, 1.82) is 0 Å². The van der Waals surface area contributed by atoms with Gasteiger partial charge in [0.1, 0.15) is 0 Å². The van der Waals surface area contributed by atoms with Gasteiger partial charge in [0.25, 0.3) is 0 Å². The average molecular weight is 269 g/mol. The van der Waals surface area contributed by atoms with Crippen LogP contribution in [-0.2, 0) is 6.42 Å². The second-order valence-corrected chi connectivity index (χ2v) is 6.07. The minimum absolute atomic E-state index is 0.236. The van der Waals surface area contributed by atoms with Gasteiger partial charge in [0, 0.05) is 24.7 Å². The van der Waals surface area contributed by atoms with Crippen LogP contribution in [0.3, 0.4) is 0 Å². The van der Waals surface area contributed by atoms with E-state index in [4.69, 9.17) is 4.98 Å². The third-order valence-electron chi connectivity index (χ3n) is 4.20. The summed E-state index contributed by atoms with van der Waals surface area (Å²) in [6.45, 7) is 9.79. The fourth-order valence-electron chi connectivity index (χ4n) is 3.18. The van der Waals surface area contributed by atoms with E-state index >= 15 is 0 Å². The summed E-state index contributed by atoms with van der Waals surface area (Å²) in [5.41, 5.74) is 6.61. The molecule has 0 saturated heterocycles. The molecule has 0 amide bonds. The number of nitrogens with zero attached hydrogens (tertiary/aromatic N) is 2. The Bertz CT molecular complexity index is 625. The molecule has 1 aliphatic heterocycles. The Kier molecular flexibility index (Phi) is 3.38. The molecule has 1 unspecified atom stereocenters. The van der Waals surface area contributed by atoms with Crippen LogP contribution in [0.1, 0.15) is 54.0 Å². The average Bonchev–Trinajstić information content (AvgIpc) is 2.82. The zero-order valence-electron chi connectivity index (χ0n) is 12.8. The van der Waals surface area contributed by atoms with Crippen LogP contribution in [0.5, 0.6) is 0 Å². The van der Waals surface area contributed by atoms with E-state index in [0.29, 0.717) is 6.04 Å². The maximum atomic E-state index is 4.70. The summed E-state index contributed by atoms with van der Waals surface area (Å²) in [7, 11) is 0. The van der Waals surface area contributed by atoms with E-state index in [1.807, 2.05) is 6.33 Å². The lowest BCUT2D eigenvalue weighted by Gasteiger charge is -2.26. The van der Waals surface area contributed by atoms with E-state index in [-0.39, 0.29) is 6.04 Å². The number of fused-ring (bicyclic) bond motifs is 1. The van der Waals surface area contributed by atoms with E-state index < -0.39 is 0 Å². The molecule has 1 N–H and O–H groups in total. The van der Waals surface area contributed by atoms with Crippen molar-refractivity contribution in [3.8, 4) is 0 Å². The molecule has 2 aromatic rings. The topological polar surface area (TPSA) is 29.9 Å². The molecule has 1 atom stereocenters. The van der Waals surface area contributed by atoms with Gasteiger partial charge in [0.15, 0.2) is 0 Å². The van der Waals surface area contributed by atoms with Gasteiger partial charge in [-0.15, -0.1) is 0 Å². The number of imidazole rings is 1. The smallest absolute Gasteiger partial charge is 0.0954 e. The van der Waals surface area contributed by atoms with Crippen LogP contribution in [-0.4, -0.2) is 16.1 Å². The van der Waals surface area contributed by atoms with Crippen molar-refractivity contribution in [3.63, 3.8) is 0 Å². The SMILES string of the molecule is Cc1ccc(C2NCCc3c2ncn3C(C)C)c(C)c1. The molecule has 3 nitrogen and oxygen atoms in total. The van der Waals surface area contributed by atoms with Gasteiger partial charge in [-0.3, -0.25) is 0 Å². The molecule has 3 heteroatoms. The van der Waals surface area contributed by atoms with Crippen LogP contribution in [0.25, 0.3) is 0 Å². The van der Waals surface area contributed by atoms with Crippen molar-refractivity contribution < 1.29 is 0 Å². The Balaban J connectivity index is 2.06. The quantitative estimate of drug-likeness (QED) is 0.906. The molecule has 0 bridgehead atoms. The molecule has 0 aliphatic carbocycles. The van der Waals surface area contributed by atoms with Crippen LogP contribution in [0, 0.1) is 13.8 Å². The molecule has 1 aromatic carbocycles. The predicted molar refractivity (Wildman–Crippen MR) is 82.1 cm³/mol. The minimum atomic E-state index is 0.236. The third-order valence-corrected chi connectivity index (χ3v) is 4.20. The van der Waals surface area contributed by atoms with Gasteiger partial charge in [-0.25, -0.2) is 4.98 Å². The number of nitrogens with one attached hydrogen (secondary N) is 1. The highest BCUT2D eigenvalue weighted by Gasteiger charge is 2.27. The van der Waals surface area contributed by atoms with E-state index in [1.165, 1.54) is 28.1 Å². The molecule has 0 saturated carbocycles. The number of benzene rings is 1. The Labute approximate surface area is 121 Å². The lowest BCUT2D eigenvalue weighted by Crippen LogP contribution is -2.32. The Morgan fingerprint density at radius 1 is 1.30 bits per heavy atom. The van der Waals surface area contributed by atoms with Gasteiger partial charge in [-0.2, -0.15) is 0 Å². The van der Waals surface area contributed by atoms with Crippen molar-refractivity contribution in [1.82, 2.24) is 14.9 Å². The number of aromatic nitrogens is 2. The molecular formula is C17H23N3. The second kappa shape index (κ2) is 5.06. The third kappa shape index (κ3) is 2.16. The summed E-state index contributed by atoms with van der Waals surface area (Å²) in [5, 5.41) is 3.63. The molecule has 2 heterocycles. The van der Waals surface area contributed by atoms with Gasteiger partial charge in [0.05, 0.1) is 18.1 Å². The first-order valence-corrected chi connectivity index (χ1v) is 7.44. The van der Waals surface area contributed by atoms with Crippen LogP contribution in [0.4, 0.5) is 0 Å². The highest BCUT2D eigenvalue weighted by molar-refractivity contribution is 5.39. The maximum absolute atomic E-state index is 4.70. The molecule has 0 radical (unpaired) electrons. The van der Waals surface area contributed by atoms with Crippen molar-refractivity contribution in [2.75, 3.05) is 6.54 Å². The van der Waals surface area contributed by atoms with Crippen molar-refractivity contribution in [3.05, 3.63) is 52.6 Å². The molecule has 0 spiro atoms. The summed E-state index contributed by atoms with van der Waals surface area (Å²) < 4.78 is 2.31. The Hall–Kier alpha value is -1.61. The monoisotopic (exact) mass is 269 g/mol. The number of hydrogen-bond acceptors (Lipinski definition) is 2. The van der Waals surface area contributed by atoms with Crippen molar-refractivity contribution in [2.45, 2.75) is 46.2 Å². The first-order valence-electron chi connectivity index (χ1n) is 7.44. The fourth-order valence-corrected chi connectivity index (χ4v) is 3.18. The van der Waals surface area contributed by atoms with Crippen LogP contribution < -0.4 is 5.32 Å². The molecule has 3 rings (SSSR count). The lowest BCUT2D eigenvalue weighted by atomic mass is 9.93. The summed E-state index contributed by atoms with van der Waals surface area (Å²) in [6.07, 6.45) is 3.06. The molecule has 20 heavy (non-hydrogen) atoms. The first kappa shape index (κ1) is 13.4. The second-order valence-electron chi connectivity index (χ2n) is 6.07. The molecule has 1 aliphatic rings. The van der Waals surface area contributed by atoms with E-state index in [9.17, 15) is 0 Å². The molecule has 1 aromatic heterocycles. The normalized spacial score (nSPS) is 18.4. The largest absolute Gasteiger partial charge is 0.332 e. The van der Waals surface area contributed by atoms with Gasteiger partial charge in [0.2, 0.25) is 0 Å². The molecular weight excluding hydrogens is 246 g/mol. The van der Waals surface area contributed by atoms with Gasteiger partial charge < -0.3 is 9.88 Å². The summed E-state index contributed by atoms with van der Waals surface area (Å²) in [5.74, 6) is 0. The van der Waals surface area contributed by atoms with Crippen molar-refractivity contribution in [2.24, 2.45) is 0 Å². The standard InChI is InChI=1S/C17H23N3/c1-11(2)20-10-19-17-15(20)7-8-18-16(17)14-6-5-12(3)9-13(14)4/h5-6,9-11,16,18H,7-8H2,1-4H3. The number of rotatable bonds is 2. The van der Waals surface area contributed by atoms with Crippen molar-refractivity contribution >= 4 is 0 Å². The van der Waals surface area contributed by atoms with Crippen LogP contribution in [0.15, 0.2) is 24.5 Å². The Morgan fingerprint density at radius 3 is 2.80 bits per heavy atom. The summed E-state index contributed by atoms with van der Waals surface area (Å²) in [4.78, 5) is 4.70. The fraction of sp³-hybridized carbons (Fsp3) is 0.471. The zero-order valence-corrected chi connectivity index (χ0v) is 12.8. The first-order chi connectivity index (χ1) is 9.58.